The van der Waals surface area contributed by atoms with Crippen LogP contribution in [0.2, 0.25) is 0 Å². The number of benzene rings is 2. The van der Waals surface area contributed by atoms with Gasteiger partial charge in [-0.3, -0.25) is 10.2 Å². The molecule has 4 rings (SSSR count). The van der Waals surface area contributed by atoms with Crippen LogP contribution < -0.4 is 10.2 Å². The van der Waals surface area contributed by atoms with Crippen LogP contribution in [-0.2, 0) is 20.7 Å². The minimum absolute atomic E-state index is 0.0930. The van der Waals surface area contributed by atoms with Gasteiger partial charge >= 0.3 is 0 Å². The standard InChI is InChI=1S/C24H28BrN3O5/c25-20-6-2-18(3-7-20)16-24(23(30)27-28-10-14-31-15-11-28)17-33-22(26-24)19-4-8-21(9-5-19)32-13-1-12-29/h2-9,29H,1,10-17H2,(H,27,30)/t24-/m0/s1. The molecule has 0 aliphatic carbocycles. The van der Waals surface area contributed by atoms with Gasteiger partial charge in [-0.1, -0.05) is 28.1 Å². The molecule has 0 aromatic heterocycles. The van der Waals surface area contributed by atoms with E-state index in [0.717, 1.165) is 15.6 Å². The van der Waals surface area contributed by atoms with Crippen molar-refractivity contribution in [3.63, 3.8) is 0 Å². The molecule has 33 heavy (non-hydrogen) atoms. The minimum atomic E-state index is -1.07. The molecule has 1 atom stereocenters. The first-order valence-electron chi connectivity index (χ1n) is 11.0. The molecule has 176 valence electrons. The first kappa shape index (κ1) is 23.7. The molecule has 2 aliphatic heterocycles. The Morgan fingerprint density at radius 3 is 2.58 bits per heavy atom. The molecule has 2 aliphatic rings. The van der Waals surface area contributed by atoms with Gasteiger partial charge in [0.05, 0.1) is 19.8 Å². The highest BCUT2D eigenvalue weighted by atomic mass is 79.9. The Balaban J connectivity index is 1.55. The molecule has 2 aromatic carbocycles. The minimum Gasteiger partial charge on any atom is -0.494 e. The summed E-state index contributed by atoms with van der Waals surface area (Å²) in [4.78, 5) is 18.3. The van der Waals surface area contributed by atoms with Crippen molar-refractivity contribution in [1.82, 2.24) is 10.4 Å². The molecule has 2 aromatic rings. The Morgan fingerprint density at radius 2 is 1.88 bits per heavy atom. The highest BCUT2D eigenvalue weighted by Gasteiger charge is 2.45. The lowest BCUT2D eigenvalue weighted by Crippen LogP contribution is -2.56. The lowest BCUT2D eigenvalue weighted by atomic mass is 9.91. The molecule has 1 amide bonds. The first-order chi connectivity index (χ1) is 16.1. The van der Waals surface area contributed by atoms with E-state index in [1.807, 2.05) is 53.5 Å². The second kappa shape index (κ2) is 11.1. The summed E-state index contributed by atoms with van der Waals surface area (Å²) in [5, 5.41) is 10.8. The lowest BCUT2D eigenvalue weighted by molar-refractivity contribution is -0.133. The Bertz CT molecular complexity index is 961. The second-order valence-electron chi connectivity index (χ2n) is 8.03. The molecular weight excluding hydrogens is 490 g/mol. The van der Waals surface area contributed by atoms with Gasteiger partial charge in [-0.15, -0.1) is 0 Å². The number of amides is 1. The Morgan fingerprint density at radius 1 is 1.15 bits per heavy atom. The van der Waals surface area contributed by atoms with Crippen LogP contribution in [0.25, 0.3) is 0 Å². The number of hydrogen-bond donors (Lipinski definition) is 2. The number of carbonyl (C=O) groups is 1. The van der Waals surface area contributed by atoms with E-state index in [2.05, 4.69) is 21.4 Å². The van der Waals surface area contributed by atoms with Crippen molar-refractivity contribution >= 4 is 27.7 Å². The van der Waals surface area contributed by atoms with Crippen molar-refractivity contribution < 1.29 is 24.1 Å². The molecule has 1 saturated heterocycles. The average Bonchev–Trinajstić information content (AvgIpc) is 3.27. The summed E-state index contributed by atoms with van der Waals surface area (Å²) in [5.41, 5.74) is 3.72. The van der Waals surface area contributed by atoms with Crippen LogP contribution in [0, 0.1) is 0 Å². The van der Waals surface area contributed by atoms with E-state index in [1.165, 1.54) is 0 Å². The van der Waals surface area contributed by atoms with E-state index in [0.29, 0.717) is 57.4 Å². The molecule has 2 heterocycles. The summed E-state index contributed by atoms with van der Waals surface area (Å²) < 4.78 is 17.9. The van der Waals surface area contributed by atoms with Crippen LogP contribution in [-0.4, -0.2) is 73.6 Å². The van der Waals surface area contributed by atoms with Crippen LogP contribution in [0.3, 0.4) is 0 Å². The number of carbonyl (C=O) groups excluding carboxylic acids is 1. The van der Waals surface area contributed by atoms with Crippen molar-refractivity contribution in [2.24, 2.45) is 4.99 Å². The maximum absolute atomic E-state index is 13.5. The smallest absolute Gasteiger partial charge is 0.266 e. The highest BCUT2D eigenvalue weighted by Crippen LogP contribution is 2.28. The predicted octanol–water partition coefficient (Wildman–Crippen LogP) is 2.33. The van der Waals surface area contributed by atoms with Crippen LogP contribution in [0.4, 0.5) is 0 Å². The molecule has 2 N–H and O–H groups in total. The molecule has 8 nitrogen and oxygen atoms in total. The Hall–Kier alpha value is -2.46. The van der Waals surface area contributed by atoms with Crippen molar-refractivity contribution in [3.8, 4) is 5.75 Å². The third kappa shape index (κ3) is 6.11. The number of rotatable bonds is 9. The summed E-state index contributed by atoms with van der Waals surface area (Å²) >= 11 is 3.46. The SMILES string of the molecule is O=C(NN1CCOCC1)[C@]1(Cc2ccc(Br)cc2)COC(c2ccc(OCCCO)cc2)=N1. The van der Waals surface area contributed by atoms with E-state index in [1.54, 1.807) is 0 Å². The number of nitrogens with one attached hydrogen (secondary N) is 1. The van der Waals surface area contributed by atoms with Gasteiger partial charge in [0.2, 0.25) is 5.90 Å². The zero-order valence-corrected chi connectivity index (χ0v) is 19.9. The van der Waals surface area contributed by atoms with Crippen molar-refractivity contribution in [1.29, 1.82) is 0 Å². The van der Waals surface area contributed by atoms with Crippen LogP contribution in [0.1, 0.15) is 17.5 Å². The molecule has 9 heteroatoms. The molecule has 0 radical (unpaired) electrons. The van der Waals surface area contributed by atoms with Crippen LogP contribution in [0.5, 0.6) is 5.75 Å². The monoisotopic (exact) mass is 517 g/mol. The predicted molar refractivity (Wildman–Crippen MR) is 127 cm³/mol. The molecular formula is C24H28BrN3O5. The fourth-order valence-electron chi connectivity index (χ4n) is 3.69. The lowest BCUT2D eigenvalue weighted by Gasteiger charge is -2.31. The summed E-state index contributed by atoms with van der Waals surface area (Å²) in [7, 11) is 0. The van der Waals surface area contributed by atoms with E-state index in [4.69, 9.17) is 24.3 Å². The van der Waals surface area contributed by atoms with E-state index >= 15 is 0 Å². The highest BCUT2D eigenvalue weighted by molar-refractivity contribution is 9.10. The number of hydrazine groups is 1. The quantitative estimate of drug-likeness (QED) is 0.496. The number of morpholine rings is 1. The maximum atomic E-state index is 13.5. The zero-order chi connectivity index (χ0) is 23.1. The molecule has 0 spiro atoms. The number of halogens is 1. The summed E-state index contributed by atoms with van der Waals surface area (Å²) in [6, 6.07) is 15.3. The van der Waals surface area contributed by atoms with Gasteiger partial charge in [-0.05, 0) is 42.0 Å². The van der Waals surface area contributed by atoms with Crippen LogP contribution >= 0.6 is 15.9 Å². The maximum Gasteiger partial charge on any atom is 0.266 e. The third-order valence-corrected chi connectivity index (χ3v) is 6.07. The second-order valence-corrected chi connectivity index (χ2v) is 8.95. The van der Waals surface area contributed by atoms with E-state index in [9.17, 15) is 4.79 Å². The van der Waals surface area contributed by atoms with Gasteiger partial charge < -0.3 is 19.3 Å². The molecule has 0 saturated carbocycles. The number of aliphatic hydroxyl groups excluding tert-OH is 1. The number of aliphatic imine (C=N–C) groups is 1. The van der Waals surface area contributed by atoms with Crippen molar-refractivity contribution in [3.05, 3.63) is 64.1 Å². The van der Waals surface area contributed by atoms with Gasteiger partial charge in [0, 0.05) is 42.6 Å². The van der Waals surface area contributed by atoms with Crippen molar-refractivity contribution in [2.45, 2.75) is 18.4 Å². The van der Waals surface area contributed by atoms with Gasteiger partial charge in [-0.2, -0.15) is 0 Å². The molecule has 1 fully saturated rings. The van der Waals surface area contributed by atoms with Gasteiger partial charge in [-0.25, -0.2) is 10.0 Å². The van der Waals surface area contributed by atoms with Gasteiger partial charge in [0.25, 0.3) is 5.91 Å². The summed E-state index contributed by atoms with van der Waals surface area (Å²) in [6.07, 6.45) is 0.997. The summed E-state index contributed by atoms with van der Waals surface area (Å²) in [5.74, 6) is 0.953. The van der Waals surface area contributed by atoms with E-state index in [-0.39, 0.29) is 19.1 Å². The number of nitrogens with zero attached hydrogens (tertiary/aromatic N) is 2. The zero-order valence-electron chi connectivity index (χ0n) is 18.3. The summed E-state index contributed by atoms with van der Waals surface area (Å²) in [6.45, 7) is 3.13. The fraction of sp³-hybridized carbons (Fsp3) is 0.417. The molecule has 0 unspecified atom stereocenters. The normalized spacial score (nSPS) is 20.7. The molecule has 0 bridgehead atoms. The largest absolute Gasteiger partial charge is 0.494 e. The Kier molecular flexibility index (Phi) is 7.97. The average molecular weight is 518 g/mol. The number of ether oxygens (including phenoxy) is 3. The fourth-order valence-corrected chi connectivity index (χ4v) is 3.96. The van der Waals surface area contributed by atoms with Crippen molar-refractivity contribution in [2.75, 3.05) is 46.1 Å². The number of hydrogen-bond acceptors (Lipinski definition) is 7. The first-order valence-corrected chi connectivity index (χ1v) is 11.8. The van der Waals surface area contributed by atoms with Crippen LogP contribution in [0.15, 0.2) is 58.0 Å². The third-order valence-electron chi connectivity index (χ3n) is 5.54. The van der Waals surface area contributed by atoms with Gasteiger partial charge in [0.15, 0.2) is 5.54 Å². The van der Waals surface area contributed by atoms with E-state index < -0.39 is 5.54 Å². The van der Waals surface area contributed by atoms with Gasteiger partial charge in [0.1, 0.15) is 12.4 Å². The Labute approximate surface area is 201 Å². The number of aliphatic hydroxyl groups is 1. The topological polar surface area (TPSA) is 92.6 Å².